The van der Waals surface area contributed by atoms with Gasteiger partial charge in [0.25, 0.3) is 0 Å². The van der Waals surface area contributed by atoms with Gasteiger partial charge in [-0.3, -0.25) is 0 Å². The fraction of sp³-hybridized carbons (Fsp3) is 0.375. The highest BCUT2D eigenvalue weighted by Crippen LogP contribution is 2.45. The van der Waals surface area contributed by atoms with E-state index in [0.29, 0.717) is 0 Å². The Bertz CT molecular complexity index is 909. The van der Waals surface area contributed by atoms with Crippen molar-refractivity contribution in [3.05, 3.63) is 60.7 Å². The molecule has 2 nitrogen and oxygen atoms in total. The van der Waals surface area contributed by atoms with Gasteiger partial charge in [0.2, 0.25) is 0 Å². The van der Waals surface area contributed by atoms with Crippen LogP contribution in [-0.4, -0.2) is 16.1 Å². The fourth-order valence-electron chi connectivity index (χ4n) is 4.75. The van der Waals surface area contributed by atoms with Crippen molar-refractivity contribution in [3.8, 4) is 11.3 Å². The number of para-hydroxylation sites is 1. The molecule has 1 aliphatic rings. The molecule has 0 N–H and O–H groups in total. The molecule has 1 fully saturated rings. The predicted octanol–water partition coefficient (Wildman–Crippen LogP) is 6.45. The van der Waals surface area contributed by atoms with Gasteiger partial charge in [-0.05, 0) is 59.1 Å². The number of nitrogens with zero attached hydrogens (tertiary/aromatic N) is 2. The highest BCUT2D eigenvalue weighted by molar-refractivity contribution is 5.95. The second kappa shape index (κ2) is 6.12. The molecular weight excluding hydrogens is 316 g/mol. The molecule has 3 aromatic rings. The molecule has 2 heteroatoms. The number of hydrogen-bond acceptors (Lipinski definition) is 2. The van der Waals surface area contributed by atoms with E-state index in [1.165, 1.54) is 35.9 Å². The van der Waals surface area contributed by atoms with Gasteiger partial charge >= 0.3 is 0 Å². The van der Waals surface area contributed by atoms with Crippen molar-refractivity contribution >= 4 is 16.6 Å². The molecule has 0 saturated carbocycles. The highest BCUT2D eigenvalue weighted by Gasteiger charge is 2.42. The summed E-state index contributed by atoms with van der Waals surface area (Å²) < 4.78 is 0. The minimum absolute atomic E-state index is 0.125. The number of hydrogen-bond donors (Lipinski definition) is 0. The second-order valence-electron chi connectivity index (χ2n) is 8.72. The maximum atomic E-state index is 4.97. The van der Waals surface area contributed by atoms with E-state index < -0.39 is 0 Å². The van der Waals surface area contributed by atoms with Gasteiger partial charge in [-0.15, -0.1) is 0 Å². The Morgan fingerprint density at radius 3 is 2.12 bits per heavy atom. The molecule has 2 heterocycles. The third-order valence-electron chi connectivity index (χ3n) is 5.79. The normalized spacial score (nSPS) is 18.8. The first kappa shape index (κ1) is 17.1. The lowest BCUT2D eigenvalue weighted by atomic mass is 9.79. The SMILES string of the molecule is CC1(C)CCCC(C)(C)N1c1cc(-c2ccccc2)nc2ccccc12. The van der Waals surface area contributed by atoms with Gasteiger partial charge in [-0.1, -0.05) is 48.5 Å². The maximum Gasteiger partial charge on any atom is 0.0730 e. The van der Waals surface area contributed by atoms with Crippen molar-refractivity contribution in [2.45, 2.75) is 58.0 Å². The molecule has 0 amide bonds. The Morgan fingerprint density at radius 2 is 1.42 bits per heavy atom. The number of fused-ring (bicyclic) bond motifs is 1. The van der Waals surface area contributed by atoms with Gasteiger partial charge in [-0.25, -0.2) is 4.98 Å². The molecule has 134 valence electrons. The monoisotopic (exact) mass is 344 g/mol. The summed E-state index contributed by atoms with van der Waals surface area (Å²) in [5, 5.41) is 1.25. The van der Waals surface area contributed by atoms with Crippen molar-refractivity contribution < 1.29 is 0 Å². The molecule has 0 radical (unpaired) electrons. The second-order valence-corrected chi connectivity index (χ2v) is 8.72. The molecule has 26 heavy (non-hydrogen) atoms. The summed E-state index contributed by atoms with van der Waals surface area (Å²) in [5.41, 5.74) is 4.86. The lowest BCUT2D eigenvalue weighted by molar-refractivity contribution is 0.245. The predicted molar refractivity (Wildman–Crippen MR) is 112 cm³/mol. The van der Waals surface area contributed by atoms with Crippen molar-refractivity contribution in [2.75, 3.05) is 4.90 Å². The summed E-state index contributed by atoms with van der Waals surface area (Å²) in [6.07, 6.45) is 3.71. The zero-order valence-electron chi connectivity index (χ0n) is 16.3. The van der Waals surface area contributed by atoms with Crippen LogP contribution in [0, 0.1) is 0 Å². The van der Waals surface area contributed by atoms with E-state index in [9.17, 15) is 0 Å². The van der Waals surface area contributed by atoms with E-state index in [1.807, 2.05) is 0 Å². The Morgan fingerprint density at radius 1 is 0.808 bits per heavy atom. The molecule has 4 rings (SSSR count). The first-order valence-electron chi connectivity index (χ1n) is 9.64. The summed E-state index contributed by atoms with van der Waals surface area (Å²) in [6.45, 7) is 9.52. The minimum Gasteiger partial charge on any atom is -0.361 e. The minimum atomic E-state index is 0.125. The molecule has 0 atom stereocenters. The molecule has 1 aromatic heterocycles. The van der Waals surface area contributed by atoms with E-state index in [2.05, 4.69) is 93.3 Å². The number of anilines is 1. The molecule has 0 unspecified atom stereocenters. The van der Waals surface area contributed by atoms with Crippen LogP contribution in [0.2, 0.25) is 0 Å². The number of benzene rings is 2. The van der Waals surface area contributed by atoms with Gasteiger partial charge in [0.1, 0.15) is 0 Å². The van der Waals surface area contributed by atoms with E-state index in [1.54, 1.807) is 0 Å². The molecule has 1 saturated heterocycles. The van der Waals surface area contributed by atoms with E-state index in [4.69, 9.17) is 4.98 Å². The standard InChI is InChI=1S/C24H28N2/c1-23(2)15-10-16-24(3,4)26(23)22-17-21(18-11-6-5-7-12-18)25-20-14-9-8-13-19(20)22/h5-9,11-14,17H,10,15-16H2,1-4H3. The molecule has 2 aromatic carbocycles. The first-order chi connectivity index (χ1) is 12.4. The highest BCUT2D eigenvalue weighted by atomic mass is 15.3. The first-order valence-corrected chi connectivity index (χ1v) is 9.64. The Kier molecular flexibility index (Phi) is 4.02. The van der Waals surface area contributed by atoms with E-state index >= 15 is 0 Å². The molecule has 0 spiro atoms. The van der Waals surface area contributed by atoms with Gasteiger partial charge in [0, 0.05) is 27.7 Å². The Hall–Kier alpha value is -2.35. The maximum absolute atomic E-state index is 4.97. The quantitative estimate of drug-likeness (QED) is 0.531. The number of pyridine rings is 1. The summed E-state index contributed by atoms with van der Waals surface area (Å²) in [5.74, 6) is 0. The van der Waals surface area contributed by atoms with Crippen LogP contribution in [0.1, 0.15) is 47.0 Å². The van der Waals surface area contributed by atoms with Crippen LogP contribution < -0.4 is 4.90 Å². The Balaban J connectivity index is 1.99. The van der Waals surface area contributed by atoms with Crippen LogP contribution in [0.25, 0.3) is 22.2 Å². The summed E-state index contributed by atoms with van der Waals surface area (Å²) in [4.78, 5) is 7.62. The average Bonchev–Trinajstić information content (AvgIpc) is 2.61. The lowest BCUT2D eigenvalue weighted by Gasteiger charge is -2.55. The van der Waals surface area contributed by atoms with E-state index in [0.717, 1.165) is 11.2 Å². The van der Waals surface area contributed by atoms with Gasteiger partial charge in [0.05, 0.1) is 11.2 Å². The van der Waals surface area contributed by atoms with Crippen LogP contribution in [0.15, 0.2) is 60.7 Å². The largest absolute Gasteiger partial charge is 0.361 e. The molecular formula is C24H28N2. The molecule has 0 aliphatic carbocycles. The summed E-state index contributed by atoms with van der Waals surface area (Å²) in [6, 6.07) is 21.4. The van der Waals surface area contributed by atoms with Crippen LogP contribution in [0.5, 0.6) is 0 Å². The average molecular weight is 345 g/mol. The van der Waals surface area contributed by atoms with E-state index in [-0.39, 0.29) is 11.1 Å². The zero-order valence-corrected chi connectivity index (χ0v) is 16.3. The van der Waals surface area contributed by atoms with Crippen LogP contribution in [0.3, 0.4) is 0 Å². The fourth-order valence-corrected chi connectivity index (χ4v) is 4.75. The molecule has 0 bridgehead atoms. The van der Waals surface area contributed by atoms with Crippen LogP contribution >= 0.6 is 0 Å². The van der Waals surface area contributed by atoms with Crippen LogP contribution in [-0.2, 0) is 0 Å². The zero-order chi connectivity index (χ0) is 18.4. The van der Waals surface area contributed by atoms with Crippen molar-refractivity contribution in [1.29, 1.82) is 0 Å². The topological polar surface area (TPSA) is 16.1 Å². The van der Waals surface area contributed by atoms with Crippen molar-refractivity contribution in [1.82, 2.24) is 4.98 Å². The number of rotatable bonds is 2. The summed E-state index contributed by atoms with van der Waals surface area (Å²) in [7, 11) is 0. The van der Waals surface area contributed by atoms with Crippen LogP contribution in [0.4, 0.5) is 5.69 Å². The number of piperidine rings is 1. The Labute approximate surface area is 156 Å². The third kappa shape index (κ3) is 2.88. The number of aromatic nitrogens is 1. The van der Waals surface area contributed by atoms with Crippen molar-refractivity contribution in [3.63, 3.8) is 0 Å². The van der Waals surface area contributed by atoms with Crippen molar-refractivity contribution in [2.24, 2.45) is 0 Å². The lowest BCUT2D eigenvalue weighted by Crippen LogP contribution is -2.59. The summed E-state index contributed by atoms with van der Waals surface area (Å²) >= 11 is 0. The van der Waals surface area contributed by atoms with Gasteiger partial charge in [0.15, 0.2) is 0 Å². The third-order valence-corrected chi connectivity index (χ3v) is 5.79. The van der Waals surface area contributed by atoms with Gasteiger partial charge in [-0.2, -0.15) is 0 Å². The molecule has 1 aliphatic heterocycles. The smallest absolute Gasteiger partial charge is 0.0730 e. The van der Waals surface area contributed by atoms with Gasteiger partial charge < -0.3 is 4.90 Å².